The summed E-state index contributed by atoms with van der Waals surface area (Å²) in [5, 5.41) is 7.32. The van der Waals surface area contributed by atoms with Crippen LogP contribution in [0.15, 0.2) is 30.9 Å². The summed E-state index contributed by atoms with van der Waals surface area (Å²) in [7, 11) is 1.69. The maximum atomic E-state index is 11.5. The molecule has 1 saturated heterocycles. The zero-order valence-electron chi connectivity index (χ0n) is 16.6. The molecule has 7 heteroatoms. The van der Waals surface area contributed by atoms with Gasteiger partial charge >= 0.3 is 0 Å². The van der Waals surface area contributed by atoms with Gasteiger partial charge in [0, 0.05) is 38.2 Å². The topological polar surface area (TPSA) is 72.3 Å². The zero-order valence-corrected chi connectivity index (χ0v) is 16.6. The molecule has 1 aliphatic heterocycles. The first-order valence-corrected chi connectivity index (χ1v) is 9.44. The first-order chi connectivity index (χ1) is 13.0. The minimum atomic E-state index is 0.0482. The number of nitrogens with one attached hydrogen (secondary N) is 1. The Balaban J connectivity index is 1.72. The Morgan fingerprint density at radius 1 is 1.33 bits per heavy atom. The van der Waals surface area contributed by atoms with Gasteiger partial charge in [-0.15, -0.1) is 0 Å². The van der Waals surface area contributed by atoms with Crippen molar-refractivity contribution in [2.75, 3.05) is 20.2 Å². The van der Waals surface area contributed by atoms with E-state index in [1.807, 2.05) is 6.07 Å². The van der Waals surface area contributed by atoms with E-state index in [0.717, 1.165) is 30.9 Å². The molecule has 2 aromatic rings. The van der Waals surface area contributed by atoms with E-state index in [4.69, 9.17) is 4.74 Å². The minimum Gasteiger partial charge on any atom is -0.496 e. The Hall–Kier alpha value is -2.41. The summed E-state index contributed by atoms with van der Waals surface area (Å²) in [5.74, 6) is 1.91. The third kappa shape index (κ3) is 4.86. The molecule has 1 fully saturated rings. The number of aromatic nitrogens is 3. The minimum absolute atomic E-state index is 0.0482. The van der Waals surface area contributed by atoms with Gasteiger partial charge in [0.1, 0.15) is 18.4 Å². The molecule has 3 rings (SSSR count). The number of rotatable bonds is 7. The van der Waals surface area contributed by atoms with Gasteiger partial charge in [0.2, 0.25) is 5.91 Å². The lowest BCUT2D eigenvalue weighted by molar-refractivity contribution is -0.119. The third-order valence-electron chi connectivity index (χ3n) is 5.24. The zero-order chi connectivity index (χ0) is 19.4. The summed E-state index contributed by atoms with van der Waals surface area (Å²) < 4.78 is 7.30. The van der Waals surface area contributed by atoms with Crippen molar-refractivity contribution in [3.8, 4) is 5.75 Å². The molecular formula is C20H29N5O2. The molecule has 0 saturated carbocycles. The van der Waals surface area contributed by atoms with Crippen LogP contribution in [0.2, 0.25) is 0 Å². The molecule has 1 aliphatic rings. The fourth-order valence-electron chi connectivity index (χ4n) is 3.93. The molecule has 1 aromatic carbocycles. The lowest BCUT2D eigenvalue weighted by Gasteiger charge is -2.22. The number of hydrogen-bond donors (Lipinski definition) is 1. The maximum Gasteiger partial charge on any atom is 0.217 e. The van der Waals surface area contributed by atoms with Crippen LogP contribution in [-0.2, 0) is 17.9 Å². The van der Waals surface area contributed by atoms with E-state index < -0.39 is 0 Å². The smallest absolute Gasteiger partial charge is 0.217 e. The number of amides is 1. The summed E-state index contributed by atoms with van der Waals surface area (Å²) in [5.41, 5.74) is 2.32. The number of hydrogen-bond acceptors (Lipinski definition) is 5. The van der Waals surface area contributed by atoms with Crippen molar-refractivity contribution < 1.29 is 9.53 Å². The van der Waals surface area contributed by atoms with Gasteiger partial charge in [-0.25, -0.2) is 9.67 Å². The number of ether oxygens (including phenoxy) is 1. The van der Waals surface area contributed by atoms with E-state index in [1.165, 1.54) is 11.9 Å². The van der Waals surface area contributed by atoms with Crippen LogP contribution in [0.1, 0.15) is 31.9 Å². The highest BCUT2D eigenvalue weighted by atomic mass is 16.5. The number of carbonyl (C=O) groups excluding carboxylic acids is 1. The van der Waals surface area contributed by atoms with Gasteiger partial charge in [0.25, 0.3) is 0 Å². The van der Waals surface area contributed by atoms with Gasteiger partial charge in [-0.2, -0.15) is 5.10 Å². The number of nitrogens with zero attached hydrogens (tertiary/aromatic N) is 4. The average Bonchev–Trinajstić information content (AvgIpc) is 3.25. The standard InChI is InChI=1S/C20H29N5O2/c1-14(2)18-10-24(11-19(18)23-15(3)26)8-16-5-6-20(27-4)17(7-16)9-25-13-21-12-22-25/h5-7,12-14,18-19H,8-11H2,1-4H3,(H,23,26)/t18-,19+/m0/s1. The van der Waals surface area contributed by atoms with Crippen molar-refractivity contribution in [3.05, 3.63) is 42.0 Å². The van der Waals surface area contributed by atoms with Gasteiger partial charge in [-0.1, -0.05) is 19.9 Å². The third-order valence-corrected chi connectivity index (χ3v) is 5.24. The number of carbonyl (C=O) groups is 1. The molecule has 1 N–H and O–H groups in total. The first kappa shape index (κ1) is 19.4. The number of methoxy groups -OCH3 is 1. The fraction of sp³-hybridized carbons (Fsp3) is 0.550. The molecular weight excluding hydrogens is 342 g/mol. The molecule has 1 aromatic heterocycles. The monoisotopic (exact) mass is 371 g/mol. The Kier molecular flexibility index (Phi) is 6.11. The van der Waals surface area contributed by atoms with Crippen LogP contribution < -0.4 is 10.1 Å². The second-order valence-electron chi connectivity index (χ2n) is 7.65. The highest BCUT2D eigenvalue weighted by molar-refractivity contribution is 5.73. The largest absolute Gasteiger partial charge is 0.496 e. The van der Waals surface area contributed by atoms with E-state index in [1.54, 1.807) is 25.0 Å². The molecule has 0 bridgehead atoms. The Morgan fingerprint density at radius 3 is 2.78 bits per heavy atom. The van der Waals surface area contributed by atoms with E-state index in [0.29, 0.717) is 18.4 Å². The van der Waals surface area contributed by atoms with Crippen LogP contribution in [0.4, 0.5) is 0 Å². The molecule has 27 heavy (non-hydrogen) atoms. The van der Waals surface area contributed by atoms with Gasteiger partial charge in [0.05, 0.1) is 13.7 Å². The highest BCUT2D eigenvalue weighted by Crippen LogP contribution is 2.27. The van der Waals surface area contributed by atoms with E-state index in [2.05, 4.69) is 46.3 Å². The predicted molar refractivity (Wildman–Crippen MR) is 103 cm³/mol. The number of likely N-dealkylation sites (tertiary alicyclic amines) is 1. The summed E-state index contributed by atoms with van der Waals surface area (Å²) >= 11 is 0. The second-order valence-corrected chi connectivity index (χ2v) is 7.65. The van der Waals surface area contributed by atoms with Crippen molar-refractivity contribution in [1.29, 1.82) is 0 Å². The summed E-state index contributed by atoms with van der Waals surface area (Å²) in [6.07, 6.45) is 3.24. The first-order valence-electron chi connectivity index (χ1n) is 9.44. The van der Waals surface area contributed by atoms with E-state index in [-0.39, 0.29) is 11.9 Å². The molecule has 2 heterocycles. The Labute approximate surface area is 160 Å². The van der Waals surface area contributed by atoms with Crippen LogP contribution in [0.25, 0.3) is 0 Å². The lowest BCUT2D eigenvalue weighted by Crippen LogP contribution is -2.40. The van der Waals surface area contributed by atoms with Crippen molar-refractivity contribution in [2.24, 2.45) is 11.8 Å². The van der Waals surface area contributed by atoms with Gasteiger partial charge in [0.15, 0.2) is 0 Å². The van der Waals surface area contributed by atoms with Crippen molar-refractivity contribution in [2.45, 2.75) is 39.9 Å². The molecule has 0 unspecified atom stereocenters. The summed E-state index contributed by atoms with van der Waals surface area (Å²) in [4.78, 5) is 18.0. The van der Waals surface area contributed by atoms with Gasteiger partial charge in [-0.3, -0.25) is 9.69 Å². The van der Waals surface area contributed by atoms with E-state index >= 15 is 0 Å². The fourth-order valence-corrected chi connectivity index (χ4v) is 3.93. The SMILES string of the molecule is COc1ccc(CN2C[C@@H](NC(C)=O)[C@H](C(C)C)C2)cc1Cn1cncn1. The molecule has 0 aliphatic carbocycles. The van der Waals surface area contributed by atoms with Crippen LogP contribution in [0, 0.1) is 11.8 Å². The molecule has 7 nitrogen and oxygen atoms in total. The average molecular weight is 371 g/mol. The van der Waals surface area contributed by atoms with Crippen LogP contribution >= 0.6 is 0 Å². The van der Waals surface area contributed by atoms with Crippen LogP contribution in [0.5, 0.6) is 5.75 Å². The molecule has 146 valence electrons. The van der Waals surface area contributed by atoms with Gasteiger partial charge < -0.3 is 10.1 Å². The lowest BCUT2D eigenvalue weighted by atomic mass is 9.91. The molecule has 0 spiro atoms. The molecule has 0 radical (unpaired) electrons. The Morgan fingerprint density at radius 2 is 2.15 bits per heavy atom. The summed E-state index contributed by atoms with van der Waals surface area (Å²) in [6, 6.07) is 6.52. The Bertz CT molecular complexity index is 760. The van der Waals surface area contributed by atoms with Crippen molar-refractivity contribution >= 4 is 5.91 Å². The predicted octanol–water partition coefficient (Wildman–Crippen LogP) is 1.93. The van der Waals surface area contributed by atoms with E-state index in [9.17, 15) is 4.79 Å². The number of benzene rings is 1. The van der Waals surface area contributed by atoms with Crippen molar-refractivity contribution in [3.63, 3.8) is 0 Å². The van der Waals surface area contributed by atoms with Crippen LogP contribution in [-0.4, -0.2) is 51.8 Å². The molecule has 2 atom stereocenters. The maximum absolute atomic E-state index is 11.5. The molecule has 1 amide bonds. The van der Waals surface area contributed by atoms with Crippen molar-refractivity contribution in [1.82, 2.24) is 25.0 Å². The highest BCUT2D eigenvalue weighted by Gasteiger charge is 2.35. The second kappa shape index (κ2) is 8.52. The van der Waals surface area contributed by atoms with Gasteiger partial charge in [-0.05, 0) is 29.5 Å². The van der Waals surface area contributed by atoms with Crippen LogP contribution in [0.3, 0.4) is 0 Å². The normalized spacial score (nSPS) is 20.2. The summed E-state index contributed by atoms with van der Waals surface area (Å²) in [6.45, 7) is 9.41. The quantitative estimate of drug-likeness (QED) is 0.805.